The van der Waals surface area contributed by atoms with Crippen LogP contribution >= 0.6 is 0 Å². The van der Waals surface area contributed by atoms with Crippen LogP contribution in [0.1, 0.15) is 34.2 Å². The fourth-order valence-corrected chi connectivity index (χ4v) is 4.36. The first-order valence-corrected chi connectivity index (χ1v) is 9.86. The molecule has 1 aromatic carbocycles. The van der Waals surface area contributed by atoms with Crippen molar-refractivity contribution in [3.8, 4) is 0 Å². The van der Waals surface area contributed by atoms with E-state index in [1.807, 2.05) is 0 Å². The number of benzene rings is 1. The van der Waals surface area contributed by atoms with Crippen LogP contribution in [0.15, 0.2) is 36.7 Å². The Balaban J connectivity index is 1.71. The van der Waals surface area contributed by atoms with Crippen LogP contribution in [-0.2, 0) is 9.84 Å². The molecule has 0 saturated carbocycles. The molecule has 1 unspecified atom stereocenters. The maximum Gasteiger partial charge on any atom is 0.270 e. The van der Waals surface area contributed by atoms with E-state index in [1.165, 1.54) is 19.3 Å². The zero-order valence-corrected chi connectivity index (χ0v) is 14.9. The number of amides is 1. The van der Waals surface area contributed by atoms with Gasteiger partial charge in [0.05, 0.1) is 11.5 Å². The van der Waals surface area contributed by atoms with Crippen molar-refractivity contribution >= 4 is 33.0 Å². The summed E-state index contributed by atoms with van der Waals surface area (Å²) in [5.74, 6) is -0.0730. The number of aromatic nitrogens is 2. The van der Waals surface area contributed by atoms with Gasteiger partial charge in [-0.25, -0.2) is 18.4 Å². The van der Waals surface area contributed by atoms with Crippen LogP contribution in [0.4, 0.5) is 11.5 Å². The maximum absolute atomic E-state index is 12.3. The molecule has 2 heterocycles. The fraction of sp³-hybridized carbons (Fsp3) is 0.294. The van der Waals surface area contributed by atoms with Gasteiger partial charge in [-0.1, -0.05) is 12.1 Å². The van der Waals surface area contributed by atoms with Crippen LogP contribution in [0.3, 0.4) is 0 Å². The Kier molecular flexibility index (Phi) is 4.99. The molecule has 2 aromatic rings. The lowest BCUT2D eigenvalue weighted by Crippen LogP contribution is -2.36. The van der Waals surface area contributed by atoms with E-state index >= 15 is 0 Å². The second-order valence-corrected chi connectivity index (χ2v) is 8.35. The molecule has 1 atom stereocenters. The molecule has 2 N–H and O–H groups in total. The van der Waals surface area contributed by atoms with Gasteiger partial charge in [0.1, 0.15) is 17.8 Å². The van der Waals surface area contributed by atoms with Crippen LogP contribution in [0.5, 0.6) is 0 Å². The summed E-state index contributed by atoms with van der Waals surface area (Å²) in [6.07, 6.45) is 1.65. The molecule has 0 aliphatic carbocycles. The summed E-state index contributed by atoms with van der Waals surface area (Å²) < 4.78 is 23.0. The number of ketones is 1. The van der Waals surface area contributed by atoms with Gasteiger partial charge < -0.3 is 10.6 Å². The van der Waals surface area contributed by atoms with Crippen LogP contribution in [0, 0.1) is 0 Å². The lowest BCUT2D eigenvalue weighted by atomic mass is 10.1. The molecule has 26 heavy (non-hydrogen) atoms. The number of carbonyl (C=O) groups excluding carboxylic acids is 2. The number of carbonyl (C=O) groups is 2. The lowest BCUT2D eigenvalue weighted by Gasteiger charge is -2.11. The average Bonchev–Trinajstić information content (AvgIpc) is 2.94. The lowest BCUT2D eigenvalue weighted by molar-refractivity contribution is 0.0935. The van der Waals surface area contributed by atoms with Crippen molar-refractivity contribution in [2.45, 2.75) is 19.4 Å². The molecule has 1 aliphatic rings. The zero-order valence-electron chi connectivity index (χ0n) is 14.1. The third kappa shape index (κ3) is 4.42. The van der Waals surface area contributed by atoms with E-state index in [0.717, 1.165) is 0 Å². The summed E-state index contributed by atoms with van der Waals surface area (Å²) in [6.45, 7) is 1.48. The Morgan fingerprint density at radius 1 is 1.19 bits per heavy atom. The van der Waals surface area contributed by atoms with Gasteiger partial charge >= 0.3 is 0 Å². The SMILES string of the molecule is CC(=O)c1cccc(Nc2cc(C(=O)NC3CCS(=O)(=O)C3)ncn2)c1. The second kappa shape index (κ2) is 7.20. The van der Waals surface area contributed by atoms with E-state index in [1.54, 1.807) is 24.3 Å². The van der Waals surface area contributed by atoms with Crippen LogP contribution in [0.25, 0.3) is 0 Å². The number of anilines is 2. The highest BCUT2D eigenvalue weighted by atomic mass is 32.2. The third-order valence-electron chi connectivity index (χ3n) is 4.01. The van der Waals surface area contributed by atoms with Gasteiger partial charge in [0, 0.05) is 23.4 Å². The van der Waals surface area contributed by atoms with Crippen molar-refractivity contribution in [2.75, 3.05) is 16.8 Å². The van der Waals surface area contributed by atoms with Gasteiger partial charge in [0.2, 0.25) is 0 Å². The summed E-state index contributed by atoms with van der Waals surface area (Å²) in [7, 11) is -3.07. The summed E-state index contributed by atoms with van der Waals surface area (Å²) in [4.78, 5) is 31.7. The number of Topliss-reactive ketones (excluding diaryl/α,β-unsaturated/α-hetero) is 1. The standard InChI is InChI=1S/C17H18N4O4S/c1-11(22)12-3-2-4-13(7-12)20-16-8-15(18-10-19-16)17(23)21-14-5-6-26(24,25)9-14/h2-4,7-8,10,14H,5-6,9H2,1H3,(H,21,23)(H,18,19,20). The third-order valence-corrected chi connectivity index (χ3v) is 5.78. The molecule has 0 spiro atoms. The molecule has 1 aromatic heterocycles. The van der Waals surface area contributed by atoms with Crippen molar-refractivity contribution in [1.29, 1.82) is 0 Å². The maximum atomic E-state index is 12.3. The van der Waals surface area contributed by atoms with Crippen molar-refractivity contribution < 1.29 is 18.0 Å². The predicted octanol–water partition coefficient (Wildman–Crippen LogP) is 1.34. The van der Waals surface area contributed by atoms with E-state index in [4.69, 9.17) is 0 Å². The van der Waals surface area contributed by atoms with E-state index in [9.17, 15) is 18.0 Å². The number of sulfone groups is 1. The molecular weight excluding hydrogens is 356 g/mol. The van der Waals surface area contributed by atoms with Crippen molar-refractivity contribution in [3.05, 3.63) is 47.9 Å². The predicted molar refractivity (Wildman–Crippen MR) is 96.3 cm³/mol. The summed E-state index contributed by atoms with van der Waals surface area (Å²) in [6, 6.07) is 7.99. The van der Waals surface area contributed by atoms with Crippen molar-refractivity contribution in [1.82, 2.24) is 15.3 Å². The molecule has 1 aliphatic heterocycles. The van der Waals surface area contributed by atoms with E-state index in [0.29, 0.717) is 23.5 Å². The Hall–Kier alpha value is -2.81. The number of rotatable bonds is 5. The van der Waals surface area contributed by atoms with Crippen molar-refractivity contribution in [3.63, 3.8) is 0 Å². The number of hydrogen-bond acceptors (Lipinski definition) is 7. The normalized spacial score (nSPS) is 18.3. The number of nitrogens with zero attached hydrogens (tertiary/aromatic N) is 2. The van der Waals surface area contributed by atoms with Crippen LogP contribution in [0.2, 0.25) is 0 Å². The Bertz CT molecular complexity index is 959. The molecule has 8 nitrogen and oxygen atoms in total. The monoisotopic (exact) mass is 374 g/mol. The van der Waals surface area contributed by atoms with Crippen LogP contribution < -0.4 is 10.6 Å². The molecule has 9 heteroatoms. The van der Waals surface area contributed by atoms with E-state index in [2.05, 4.69) is 20.6 Å². The first-order valence-electron chi connectivity index (χ1n) is 8.04. The molecule has 1 amide bonds. The van der Waals surface area contributed by atoms with Crippen LogP contribution in [-0.4, -0.2) is 47.6 Å². The van der Waals surface area contributed by atoms with E-state index < -0.39 is 21.8 Å². The largest absolute Gasteiger partial charge is 0.347 e. The summed E-state index contributed by atoms with van der Waals surface area (Å²) in [5, 5.41) is 5.71. The topological polar surface area (TPSA) is 118 Å². The fourth-order valence-electron chi connectivity index (χ4n) is 2.68. The van der Waals surface area contributed by atoms with Gasteiger partial charge in [0.25, 0.3) is 5.91 Å². The Labute approximate surface area is 151 Å². The summed E-state index contributed by atoms with van der Waals surface area (Å²) >= 11 is 0. The van der Waals surface area contributed by atoms with Gasteiger partial charge in [-0.2, -0.15) is 0 Å². The van der Waals surface area contributed by atoms with Gasteiger partial charge in [-0.15, -0.1) is 0 Å². The molecule has 0 bridgehead atoms. The molecule has 1 saturated heterocycles. The molecule has 1 fully saturated rings. The Morgan fingerprint density at radius 2 is 2.00 bits per heavy atom. The minimum atomic E-state index is -3.07. The quantitative estimate of drug-likeness (QED) is 0.758. The highest BCUT2D eigenvalue weighted by molar-refractivity contribution is 7.91. The smallest absolute Gasteiger partial charge is 0.270 e. The minimum Gasteiger partial charge on any atom is -0.347 e. The van der Waals surface area contributed by atoms with Crippen molar-refractivity contribution in [2.24, 2.45) is 0 Å². The molecule has 136 valence electrons. The van der Waals surface area contributed by atoms with Gasteiger partial charge in [0.15, 0.2) is 15.6 Å². The molecule has 3 rings (SSSR count). The van der Waals surface area contributed by atoms with Gasteiger partial charge in [-0.05, 0) is 25.5 Å². The molecule has 0 radical (unpaired) electrons. The second-order valence-electron chi connectivity index (χ2n) is 6.12. The first kappa shape index (κ1) is 18.0. The highest BCUT2D eigenvalue weighted by Crippen LogP contribution is 2.17. The summed E-state index contributed by atoms with van der Waals surface area (Å²) in [5.41, 5.74) is 1.35. The number of nitrogens with one attached hydrogen (secondary N) is 2. The first-order chi connectivity index (χ1) is 12.3. The Morgan fingerprint density at radius 3 is 2.69 bits per heavy atom. The molecular formula is C17H18N4O4S. The average molecular weight is 374 g/mol. The highest BCUT2D eigenvalue weighted by Gasteiger charge is 2.29. The zero-order chi connectivity index (χ0) is 18.7. The minimum absolute atomic E-state index is 0.0488. The number of hydrogen-bond donors (Lipinski definition) is 2. The van der Waals surface area contributed by atoms with Gasteiger partial charge in [-0.3, -0.25) is 9.59 Å². The van der Waals surface area contributed by atoms with E-state index in [-0.39, 0.29) is 23.0 Å².